The Morgan fingerprint density at radius 1 is 1.08 bits per heavy atom. The van der Waals surface area contributed by atoms with E-state index in [-0.39, 0.29) is 0 Å². The Morgan fingerprint density at radius 2 is 2.00 bits per heavy atom. The average molecular weight is 362 g/mol. The number of nitrogens with one attached hydrogen (secondary N) is 1. The lowest BCUT2D eigenvalue weighted by atomic mass is 10.0. The van der Waals surface area contributed by atoms with E-state index in [4.69, 9.17) is 4.52 Å². The molecule has 4 rings (SSSR count). The van der Waals surface area contributed by atoms with Crippen LogP contribution in [0, 0.1) is 0 Å². The summed E-state index contributed by atoms with van der Waals surface area (Å²) in [5, 5.41) is 9.70. The number of hydrogen-bond acceptors (Lipinski definition) is 4. The SMILES string of the molecule is CC(NCCCc1cnoc1-c1cccs1)c1ccc2cccccc1-2. The summed E-state index contributed by atoms with van der Waals surface area (Å²) in [6, 6.07) is 19.5. The van der Waals surface area contributed by atoms with Crippen LogP contribution in [0.1, 0.15) is 30.5 Å². The second-order valence-corrected chi connectivity index (χ2v) is 7.45. The maximum absolute atomic E-state index is 5.44. The summed E-state index contributed by atoms with van der Waals surface area (Å²) >= 11 is 1.69. The largest absolute Gasteiger partial charge is 0.355 e. The number of rotatable bonds is 7. The molecule has 0 fully saturated rings. The van der Waals surface area contributed by atoms with Gasteiger partial charge in [-0.15, -0.1) is 11.3 Å². The molecule has 0 saturated carbocycles. The molecule has 0 aliphatic heterocycles. The molecule has 4 heteroatoms. The van der Waals surface area contributed by atoms with Crippen molar-refractivity contribution in [2.75, 3.05) is 6.54 Å². The molecule has 2 aliphatic carbocycles. The molecule has 1 N–H and O–H groups in total. The second kappa shape index (κ2) is 7.85. The second-order valence-electron chi connectivity index (χ2n) is 6.51. The molecule has 0 bridgehead atoms. The highest BCUT2D eigenvalue weighted by Gasteiger charge is 2.14. The monoisotopic (exact) mass is 362 g/mol. The topological polar surface area (TPSA) is 38.1 Å². The summed E-state index contributed by atoms with van der Waals surface area (Å²) in [5.74, 6) is 0.919. The molecule has 0 saturated heterocycles. The minimum absolute atomic E-state index is 0.328. The molecule has 132 valence electrons. The van der Waals surface area contributed by atoms with Crippen LogP contribution in [0.3, 0.4) is 0 Å². The van der Waals surface area contributed by atoms with Gasteiger partial charge >= 0.3 is 0 Å². The van der Waals surface area contributed by atoms with Gasteiger partial charge < -0.3 is 9.84 Å². The van der Waals surface area contributed by atoms with Crippen molar-refractivity contribution in [3.05, 3.63) is 77.3 Å². The lowest BCUT2D eigenvalue weighted by molar-refractivity contribution is 0.432. The highest BCUT2D eigenvalue weighted by atomic mass is 32.1. The van der Waals surface area contributed by atoms with Crippen LogP contribution in [0.2, 0.25) is 0 Å². The summed E-state index contributed by atoms with van der Waals surface area (Å²) in [6.45, 7) is 3.19. The Balaban J connectivity index is 1.34. The molecule has 1 unspecified atom stereocenters. The molecular formula is C22H22N2OS. The predicted molar refractivity (Wildman–Crippen MR) is 108 cm³/mol. The summed E-state index contributed by atoms with van der Waals surface area (Å²) < 4.78 is 5.44. The standard InChI is InChI=1S/C22H22N2OS/c1-16(19-12-11-17-7-3-2-4-9-20(17)19)23-13-5-8-18-15-24-25-22(18)21-10-6-14-26-21/h2-4,6-7,9-12,14-16,23H,5,8,13H2,1H3. The van der Waals surface area contributed by atoms with Crippen molar-refractivity contribution in [2.24, 2.45) is 0 Å². The molecule has 0 aromatic carbocycles. The third-order valence-corrected chi connectivity index (χ3v) is 5.62. The number of aryl methyl sites for hydroxylation is 1. The van der Waals surface area contributed by atoms with Gasteiger partial charge in [0.25, 0.3) is 0 Å². The molecule has 0 amide bonds. The quantitative estimate of drug-likeness (QED) is 0.423. The van der Waals surface area contributed by atoms with Crippen LogP contribution in [-0.4, -0.2) is 11.7 Å². The van der Waals surface area contributed by atoms with Crippen LogP contribution in [0.15, 0.2) is 70.7 Å². The first-order valence-electron chi connectivity index (χ1n) is 9.01. The normalized spacial score (nSPS) is 12.5. The van der Waals surface area contributed by atoms with Crippen LogP contribution in [0.25, 0.3) is 21.8 Å². The zero-order chi connectivity index (χ0) is 17.8. The fourth-order valence-corrected chi connectivity index (χ4v) is 4.11. The van der Waals surface area contributed by atoms with Gasteiger partial charge in [-0.1, -0.05) is 53.7 Å². The Bertz CT molecular complexity index is 929. The highest BCUT2D eigenvalue weighted by molar-refractivity contribution is 7.13. The van der Waals surface area contributed by atoms with Crippen molar-refractivity contribution < 1.29 is 4.52 Å². The van der Waals surface area contributed by atoms with Gasteiger partial charge in [0.15, 0.2) is 5.76 Å². The first kappa shape index (κ1) is 17.0. The summed E-state index contributed by atoms with van der Waals surface area (Å²) in [4.78, 5) is 1.15. The molecule has 2 aromatic rings. The molecule has 0 radical (unpaired) electrons. The van der Waals surface area contributed by atoms with Crippen LogP contribution >= 0.6 is 11.3 Å². The zero-order valence-electron chi connectivity index (χ0n) is 14.8. The molecule has 2 aliphatic rings. The number of aromatic nitrogens is 1. The van der Waals surface area contributed by atoms with E-state index in [1.54, 1.807) is 11.3 Å². The van der Waals surface area contributed by atoms with Gasteiger partial charge in [0, 0.05) is 11.6 Å². The van der Waals surface area contributed by atoms with Crippen LogP contribution < -0.4 is 5.32 Å². The lowest BCUT2D eigenvalue weighted by Crippen LogP contribution is -2.20. The van der Waals surface area contributed by atoms with E-state index in [0.29, 0.717) is 6.04 Å². The first-order chi connectivity index (χ1) is 12.8. The number of fused-ring (bicyclic) bond motifs is 1. The average Bonchev–Trinajstić information content (AvgIpc) is 3.37. The van der Waals surface area contributed by atoms with Crippen LogP contribution in [0.4, 0.5) is 0 Å². The number of nitrogens with zero attached hydrogens (tertiary/aromatic N) is 1. The van der Waals surface area contributed by atoms with Crippen LogP contribution in [0.5, 0.6) is 0 Å². The summed E-state index contributed by atoms with van der Waals surface area (Å²) in [7, 11) is 0. The van der Waals surface area contributed by atoms with E-state index >= 15 is 0 Å². The maximum Gasteiger partial charge on any atom is 0.179 e. The Hall–Kier alpha value is -2.43. The fourth-order valence-electron chi connectivity index (χ4n) is 3.37. The summed E-state index contributed by atoms with van der Waals surface area (Å²) in [5.41, 5.74) is 5.17. The van der Waals surface area contributed by atoms with Crippen molar-refractivity contribution in [1.29, 1.82) is 0 Å². The Morgan fingerprint density at radius 3 is 2.88 bits per heavy atom. The molecule has 2 aromatic heterocycles. The van der Waals surface area contributed by atoms with E-state index in [1.165, 1.54) is 22.3 Å². The van der Waals surface area contributed by atoms with E-state index in [2.05, 4.69) is 71.3 Å². The molecule has 26 heavy (non-hydrogen) atoms. The van der Waals surface area contributed by atoms with Crippen molar-refractivity contribution in [3.8, 4) is 21.8 Å². The van der Waals surface area contributed by atoms with E-state index in [9.17, 15) is 0 Å². The van der Waals surface area contributed by atoms with Crippen molar-refractivity contribution in [3.63, 3.8) is 0 Å². The molecular weight excluding hydrogens is 340 g/mol. The van der Waals surface area contributed by atoms with E-state index < -0.39 is 0 Å². The third-order valence-electron chi connectivity index (χ3n) is 4.75. The zero-order valence-corrected chi connectivity index (χ0v) is 15.6. The predicted octanol–water partition coefficient (Wildman–Crippen LogP) is 5.79. The molecule has 0 spiro atoms. The van der Waals surface area contributed by atoms with Crippen molar-refractivity contribution in [2.45, 2.75) is 25.8 Å². The Kier molecular flexibility index (Phi) is 5.14. The number of hydrogen-bond donors (Lipinski definition) is 1. The van der Waals surface area contributed by atoms with Gasteiger partial charge in [-0.2, -0.15) is 0 Å². The fraction of sp³-hybridized carbons (Fsp3) is 0.227. The van der Waals surface area contributed by atoms with Gasteiger partial charge in [0.2, 0.25) is 0 Å². The minimum atomic E-state index is 0.328. The van der Waals surface area contributed by atoms with Gasteiger partial charge in [-0.05, 0) is 54.4 Å². The van der Waals surface area contributed by atoms with Gasteiger partial charge in [0.1, 0.15) is 0 Å². The lowest BCUT2D eigenvalue weighted by Gasteiger charge is -2.14. The van der Waals surface area contributed by atoms with Gasteiger partial charge in [-0.3, -0.25) is 0 Å². The van der Waals surface area contributed by atoms with Crippen molar-refractivity contribution in [1.82, 2.24) is 10.5 Å². The molecule has 3 nitrogen and oxygen atoms in total. The Labute approximate surface area is 158 Å². The van der Waals surface area contributed by atoms with Gasteiger partial charge in [-0.25, -0.2) is 0 Å². The van der Waals surface area contributed by atoms with Crippen molar-refractivity contribution >= 4 is 11.3 Å². The smallest absolute Gasteiger partial charge is 0.179 e. The van der Waals surface area contributed by atoms with Crippen LogP contribution in [-0.2, 0) is 6.42 Å². The highest BCUT2D eigenvalue weighted by Crippen LogP contribution is 2.31. The van der Waals surface area contributed by atoms with Gasteiger partial charge in [0.05, 0.1) is 11.1 Å². The minimum Gasteiger partial charge on any atom is -0.355 e. The van der Waals surface area contributed by atoms with E-state index in [0.717, 1.165) is 30.0 Å². The third kappa shape index (κ3) is 3.57. The van der Waals surface area contributed by atoms with E-state index in [1.807, 2.05) is 12.3 Å². The maximum atomic E-state index is 5.44. The number of thiophene rings is 1. The first-order valence-corrected chi connectivity index (χ1v) is 9.89. The molecule has 2 heterocycles. The molecule has 1 atom stereocenters. The summed E-state index contributed by atoms with van der Waals surface area (Å²) in [6.07, 6.45) is 3.87.